The molecular formula is C18H27N4O2+. The predicted octanol–water partition coefficient (Wildman–Crippen LogP) is 1.52. The van der Waals surface area contributed by atoms with E-state index in [1.165, 1.54) is 38.9 Å². The molecular weight excluding hydrogens is 304 g/mol. The number of nitrogens with one attached hydrogen (secondary N) is 2. The summed E-state index contributed by atoms with van der Waals surface area (Å²) in [6, 6.07) is 3.82. The number of quaternary nitrogens is 1. The van der Waals surface area contributed by atoms with Gasteiger partial charge in [0.2, 0.25) is 0 Å². The molecule has 2 N–H and O–H groups in total. The third-order valence-electron chi connectivity index (χ3n) is 4.70. The van der Waals surface area contributed by atoms with E-state index in [1.807, 2.05) is 12.1 Å². The highest BCUT2D eigenvalue weighted by atomic mass is 16.5. The van der Waals surface area contributed by atoms with Crippen LogP contribution in [0.3, 0.4) is 0 Å². The van der Waals surface area contributed by atoms with Gasteiger partial charge in [-0.1, -0.05) is 0 Å². The van der Waals surface area contributed by atoms with Crippen molar-refractivity contribution in [2.45, 2.75) is 25.7 Å². The van der Waals surface area contributed by atoms with Crippen LogP contribution >= 0.6 is 0 Å². The maximum absolute atomic E-state index is 5.39. The Morgan fingerprint density at radius 2 is 1.79 bits per heavy atom. The van der Waals surface area contributed by atoms with E-state index in [2.05, 4.69) is 15.3 Å². The highest BCUT2D eigenvalue weighted by molar-refractivity contribution is 5.91. The lowest BCUT2D eigenvalue weighted by Crippen LogP contribution is -3.09. The van der Waals surface area contributed by atoms with Crippen LogP contribution in [0.25, 0.3) is 10.9 Å². The van der Waals surface area contributed by atoms with Crippen molar-refractivity contribution in [2.24, 2.45) is 0 Å². The van der Waals surface area contributed by atoms with Gasteiger partial charge in [0.25, 0.3) is 0 Å². The molecule has 1 fully saturated rings. The van der Waals surface area contributed by atoms with Gasteiger partial charge in [0, 0.05) is 30.8 Å². The van der Waals surface area contributed by atoms with Crippen LogP contribution in [0.1, 0.15) is 25.7 Å². The quantitative estimate of drug-likeness (QED) is 0.718. The largest absolute Gasteiger partial charge is 0.493 e. The van der Waals surface area contributed by atoms with E-state index in [0.717, 1.165) is 29.7 Å². The summed E-state index contributed by atoms with van der Waals surface area (Å²) < 4.78 is 10.7. The van der Waals surface area contributed by atoms with Crippen molar-refractivity contribution in [2.75, 3.05) is 45.7 Å². The summed E-state index contributed by atoms with van der Waals surface area (Å²) in [6.07, 6.45) is 6.79. The van der Waals surface area contributed by atoms with Gasteiger partial charge in [0.05, 0.1) is 39.4 Å². The van der Waals surface area contributed by atoms with Crippen molar-refractivity contribution in [1.82, 2.24) is 9.97 Å². The average molecular weight is 331 g/mol. The number of ether oxygens (including phenoxy) is 2. The number of likely N-dealkylation sites (tertiary alicyclic amines) is 1. The molecule has 1 aliphatic heterocycles. The molecule has 1 saturated heterocycles. The first-order valence-electron chi connectivity index (χ1n) is 8.76. The molecule has 1 aliphatic rings. The third kappa shape index (κ3) is 3.87. The summed E-state index contributed by atoms with van der Waals surface area (Å²) in [4.78, 5) is 10.5. The number of fused-ring (bicyclic) bond motifs is 1. The number of aromatic nitrogens is 2. The molecule has 0 atom stereocenters. The van der Waals surface area contributed by atoms with Gasteiger partial charge in [-0.25, -0.2) is 9.97 Å². The van der Waals surface area contributed by atoms with E-state index in [-0.39, 0.29) is 0 Å². The van der Waals surface area contributed by atoms with Crippen LogP contribution in [0.2, 0.25) is 0 Å². The minimum atomic E-state index is 0.684. The molecule has 3 rings (SSSR count). The molecule has 0 amide bonds. The van der Waals surface area contributed by atoms with Gasteiger partial charge in [0.1, 0.15) is 12.1 Å². The smallest absolute Gasteiger partial charge is 0.162 e. The van der Waals surface area contributed by atoms with Crippen LogP contribution < -0.4 is 19.7 Å². The lowest BCUT2D eigenvalue weighted by Gasteiger charge is -2.13. The molecule has 130 valence electrons. The number of benzene rings is 1. The fourth-order valence-corrected chi connectivity index (χ4v) is 3.36. The van der Waals surface area contributed by atoms with Crippen molar-refractivity contribution < 1.29 is 14.4 Å². The van der Waals surface area contributed by atoms with E-state index >= 15 is 0 Å². The lowest BCUT2D eigenvalue weighted by molar-refractivity contribution is -0.887. The fourth-order valence-electron chi connectivity index (χ4n) is 3.36. The zero-order chi connectivity index (χ0) is 16.8. The zero-order valence-corrected chi connectivity index (χ0v) is 14.6. The molecule has 0 aliphatic carbocycles. The Labute approximate surface area is 143 Å². The average Bonchev–Trinajstić information content (AvgIpc) is 3.13. The van der Waals surface area contributed by atoms with Crippen LogP contribution in [0.15, 0.2) is 18.5 Å². The van der Waals surface area contributed by atoms with Crippen LogP contribution in [-0.2, 0) is 0 Å². The van der Waals surface area contributed by atoms with Crippen molar-refractivity contribution in [3.8, 4) is 11.5 Å². The fraction of sp³-hybridized carbons (Fsp3) is 0.556. The van der Waals surface area contributed by atoms with Gasteiger partial charge in [0.15, 0.2) is 11.5 Å². The molecule has 24 heavy (non-hydrogen) atoms. The molecule has 0 spiro atoms. The SMILES string of the molecule is COc1cc2ncnc(NCCCC[NH+]3CCCC3)c2cc1OC. The summed E-state index contributed by atoms with van der Waals surface area (Å²) in [6.45, 7) is 4.92. The number of nitrogens with zero attached hydrogens (tertiary/aromatic N) is 2. The maximum Gasteiger partial charge on any atom is 0.162 e. The summed E-state index contributed by atoms with van der Waals surface area (Å²) >= 11 is 0. The van der Waals surface area contributed by atoms with Crippen LogP contribution in [0.5, 0.6) is 11.5 Å². The normalized spacial score (nSPS) is 14.9. The summed E-state index contributed by atoms with van der Waals surface area (Å²) in [5.41, 5.74) is 0.853. The van der Waals surface area contributed by atoms with E-state index in [9.17, 15) is 0 Å². The van der Waals surface area contributed by atoms with Gasteiger partial charge < -0.3 is 19.7 Å². The summed E-state index contributed by atoms with van der Waals surface area (Å²) in [7, 11) is 3.27. The molecule has 1 aromatic heterocycles. The van der Waals surface area contributed by atoms with Gasteiger partial charge in [-0.05, 0) is 18.9 Å². The molecule has 2 aromatic rings. The first-order chi connectivity index (χ1) is 11.8. The zero-order valence-electron chi connectivity index (χ0n) is 14.6. The monoisotopic (exact) mass is 331 g/mol. The van der Waals surface area contributed by atoms with Crippen LogP contribution in [0, 0.1) is 0 Å². The summed E-state index contributed by atoms with van der Waals surface area (Å²) in [5, 5.41) is 4.40. The van der Waals surface area contributed by atoms with E-state index in [4.69, 9.17) is 9.47 Å². The van der Waals surface area contributed by atoms with Crippen molar-refractivity contribution >= 4 is 16.7 Å². The van der Waals surface area contributed by atoms with Crippen molar-refractivity contribution in [3.05, 3.63) is 18.5 Å². The molecule has 0 bridgehead atoms. The Balaban J connectivity index is 1.61. The predicted molar refractivity (Wildman–Crippen MR) is 95.2 cm³/mol. The molecule has 0 saturated carbocycles. The number of rotatable bonds is 8. The van der Waals surface area contributed by atoms with Crippen LogP contribution in [0.4, 0.5) is 5.82 Å². The Morgan fingerprint density at radius 1 is 1.04 bits per heavy atom. The van der Waals surface area contributed by atoms with Crippen molar-refractivity contribution in [1.29, 1.82) is 0 Å². The second-order valence-electron chi connectivity index (χ2n) is 6.29. The molecule has 1 aromatic carbocycles. The Kier molecular flexibility index (Phi) is 5.69. The topological polar surface area (TPSA) is 60.7 Å². The minimum absolute atomic E-state index is 0.684. The number of hydrogen-bond donors (Lipinski definition) is 2. The Morgan fingerprint density at radius 3 is 2.54 bits per heavy atom. The standard InChI is InChI=1S/C18H26N4O2/c1-23-16-11-14-15(12-17(16)24-2)20-13-21-18(14)19-7-3-4-8-22-9-5-6-10-22/h11-13H,3-10H2,1-2H3,(H,19,20,21)/p+1. The van der Waals surface area contributed by atoms with Crippen molar-refractivity contribution in [3.63, 3.8) is 0 Å². The Hall–Kier alpha value is -2.08. The molecule has 6 heteroatoms. The lowest BCUT2D eigenvalue weighted by atomic mass is 10.2. The molecule has 2 heterocycles. The number of anilines is 1. The van der Waals surface area contributed by atoms with Gasteiger partial charge in [-0.2, -0.15) is 0 Å². The second-order valence-corrected chi connectivity index (χ2v) is 6.29. The van der Waals surface area contributed by atoms with E-state index in [0.29, 0.717) is 11.5 Å². The highest BCUT2D eigenvalue weighted by Gasteiger charge is 2.14. The van der Waals surface area contributed by atoms with Gasteiger partial charge in [-0.15, -0.1) is 0 Å². The van der Waals surface area contributed by atoms with E-state index in [1.54, 1.807) is 25.4 Å². The molecule has 0 radical (unpaired) electrons. The first kappa shape index (κ1) is 16.8. The Bertz CT molecular complexity index is 671. The number of methoxy groups -OCH3 is 2. The summed E-state index contributed by atoms with van der Waals surface area (Å²) in [5.74, 6) is 2.23. The van der Waals surface area contributed by atoms with Gasteiger partial charge in [-0.3, -0.25) is 0 Å². The number of unbranched alkanes of at least 4 members (excludes halogenated alkanes) is 1. The maximum atomic E-state index is 5.39. The minimum Gasteiger partial charge on any atom is -0.493 e. The molecule has 6 nitrogen and oxygen atoms in total. The first-order valence-corrected chi connectivity index (χ1v) is 8.76. The van der Waals surface area contributed by atoms with Crippen LogP contribution in [-0.4, -0.2) is 50.4 Å². The van der Waals surface area contributed by atoms with E-state index < -0.39 is 0 Å². The third-order valence-corrected chi connectivity index (χ3v) is 4.70. The number of hydrogen-bond acceptors (Lipinski definition) is 5. The second kappa shape index (κ2) is 8.15. The molecule has 0 unspecified atom stereocenters. The highest BCUT2D eigenvalue weighted by Crippen LogP contribution is 2.33. The van der Waals surface area contributed by atoms with Gasteiger partial charge >= 0.3 is 0 Å².